The van der Waals surface area contributed by atoms with E-state index in [0.717, 1.165) is 35.4 Å². The number of anilines is 1. The maximum absolute atomic E-state index is 12.0. The Morgan fingerprint density at radius 1 is 1.36 bits per heavy atom. The van der Waals surface area contributed by atoms with Crippen molar-refractivity contribution in [3.63, 3.8) is 0 Å². The van der Waals surface area contributed by atoms with Crippen LogP contribution in [0.2, 0.25) is 0 Å². The van der Waals surface area contributed by atoms with E-state index < -0.39 is 0 Å². The number of hydrogen-bond acceptors (Lipinski definition) is 5. The summed E-state index contributed by atoms with van der Waals surface area (Å²) in [7, 11) is 0. The number of carbonyl (C=O) groups excluding carboxylic acids is 1. The van der Waals surface area contributed by atoms with Gasteiger partial charge in [0.1, 0.15) is 5.52 Å². The average molecular weight is 353 g/mol. The Morgan fingerprint density at radius 3 is 3.12 bits per heavy atom. The lowest BCUT2D eigenvalue weighted by Gasteiger charge is -2.22. The zero-order valence-electron chi connectivity index (χ0n) is 13.7. The standard InChI is InChI=1S/C19H19N3O2S/c23-18(10-9-15-6-4-12-25-15)20-13-14-5-3-11-22(14)19-21-16-7-1-2-8-17(16)24-19/h1-2,4,6-10,12,14H,3,5,11,13H2,(H,20,23). The summed E-state index contributed by atoms with van der Waals surface area (Å²) in [5, 5.41) is 4.98. The van der Waals surface area contributed by atoms with Gasteiger partial charge in [-0.05, 0) is 42.5 Å². The number of thiophene rings is 1. The molecule has 0 bridgehead atoms. The molecule has 0 aliphatic carbocycles. The summed E-state index contributed by atoms with van der Waals surface area (Å²) in [5.74, 6) is -0.0715. The second kappa shape index (κ2) is 7.11. The smallest absolute Gasteiger partial charge is 0.298 e. The van der Waals surface area contributed by atoms with E-state index in [4.69, 9.17) is 4.42 Å². The van der Waals surface area contributed by atoms with E-state index in [0.29, 0.717) is 12.6 Å². The van der Waals surface area contributed by atoms with Crippen LogP contribution in [0.1, 0.15) is 17.7 Å². The van der Waals surface area contributed by atoms with Crippen LogP contribution in [0.15, 0.2) is 52.3 Å². The molecule has 1 aliphatic heterocycles. The largest absolute Gasteiger partial charge is 0.423 e. The van der Waals surface area contributed by atoms with Crippen LogP contribution in [0, 0.1) is 0 Å². The molecule has 1 unspecified atom stereocenters. The first-order valence-corrected chi connectivity index (χ1v) is 9.29. The van der Waals surface area contributed by atoms with Crippen molar-refractivity contribution >= 4 is 40.4 Å². The molecule has 3 heterocycles. The molecule has 0 radical (unpaired) electrons. The van der Waals surface area contributed by atoms with Crippen LogP contribution in [0.4, 0.5) is 6.01 Å². The number of fused-ring (bicyclic) bond motifs is 1. The second-order valence-electron chi connectivity index (χ2n) is 6.05. The number of benzene rings is 1. The van der Waals surface area contributed by atoms with Crippen molar-refractivity contribution in [2.45, 2.75) is 18.9 Å². The first-order chi connectivity index (χ1) is 12.3. The molecule has 25 heavy (non-hydrogen) atoms. The normalized spacial score (nSPS) is 17.6. The SMILES string of the molecule is O=C(C=Cc1cccs1)NCC1CCCN1c1nc2ccccc2o1. The first-order valence-electron chi connectivity index (χ1n) is 8.41. The predicted molar refractivity (Wildman–Crippen MR) is 101 cm³/mol. The van der Waals surface area contributed by atoms with Gasteiger partial charge in [-0.2, -0.15) is 4.98 Å². The maximum Gasteiger partial charge on any atom is 0.298 e. The number of aromatic nitrogens is 1. The Bertz CT molecular complexity index is 852. The Kier molecular flexibility index (Phi) is 4.52. The highest BCUT2D eigenvalue weighted by Gasteiger charge is 2.28. The summed E-state index contributed by atoms with van der Waals surface area (Å²) < 4.78 is 5.87. The molecule has 1 saturated heterocycles. The molecular weight excluding hydrogens is 334 g/mol. The first kappa shape index (κ1) is 15.9. The van der Waals surface area contributed by atoms with Crippen molar-refractivity contribution in [1.29, 1.82) is 0 Å². The van der Waals surface area contributed by atoms with Gasteiger partial charge >= 0.3 is 0 Å². The molecule has 1 aliphatic rings. The lowest BCUT2D eigenvalue weighted by Crippen LogP contribution is -2.39. The van der Waals surface area contributed by atoms with Gasteiger partial charge in [-0.1, -0.05) is 18.2 Å². The number of carbonyl (C=O) groups is 1. The van der Waals surface area contributed by atoms with Gasteiger partial charge in [0.15, 0.2) is 5.58 Å². The minimum atomic E-state index is -0.0715. The van der Waals surface area contributed by atoms with Gasteiger partial charge in [0.05, 0.1) is 6.04 Å². The van der Waals surface area contributed by atoms with Crippen molar-refractivity contribution in [2.24, 2.45) is 0 Å². The number of hydrogen-bond donors (Lipinski definition) is 1. The number of para-hydroxylation sites is 2. The third-order valence-electron chi connectivity index (χ3n) is 4.36. The highest BCUT2D eigenvalue weighted by molar-refractivity contribution is 7.10. The van der Waals surface area contributed by atoms with Gasteiger partial charge < -0.3 is 14.6 Å². The van der Waals surface area contributed by atoms with Crippen LogP contribution in [0.5, 0.6) is 0 Å². The summed E-state index contributed by atoms with van der Waals surface area (Å²) in [5.41, 5.74) is 1.66. The van der Waals surface area contributed by atoms with Crippen molar-refractivity contribution in [3.8, 4) is 0 Å². The van der Waals surface area contributed by atoms with E-state index in [-0.39, 0.29) is 11.9 Å². The lowest BCUT2D eigenvalue weighted by molar-refractivity contribution is -0.116. The van der Waals surface area contributed by atoms with Gasteiger partial charge in [-0.3, -0.25) is 4.79 Å². The summed E-state index contributed by atoms with van der Waals surface area (Å²) in [6, 6.07) is 12.6. The molecule has 0 saturated carbocycles. The molecule has 2 aromatic heterocycles. The molecule has 4 rings (SSSR count). The van der Waals surface area contributed by atoms with Crippen LogP contribution in [-0.2, 0) is 4.79 Å². The van der Waals surface area contributed by atoms with E-state index >= 15 is 0 Å². The van der Waals surface area contributed by atoms with Crippen molar-refractivity contribution in [1.82, 2.24) is 10.3 Å². The maximum atomic E-state index is 12.0. The molecule has 5 nitrogen and oxygen atoms in total. The molecular formula is C19H19N3O2S. The van der Waals surface area contributed by atoms with E-state index in [1.807, 2.05) is 47.9 Å². The number of rotatable bonds is 5. The van der Waals surface area contributed by atoms with Gasteiger partial charge in [0.2, 0.25) is 5.91 Å². The summed E-state index contributed by atoms with van der Waals surface area (Å²) in [4.78, 5) is 19.8. The Labute approximate surface area is 150 Å². The average Bonchev–Trinajstić information content (AvgIpc) is 3.37. The second-order valence-corrected chi connectivity index (χ2v) is 7.03. The molecule has 128 valence electrons. The van der Waals surface area contributed by atoms with E-state index in [1.54, 1.807) is 17.4 Å². The van der Waals surface area contributed by atoms with Crippen molar-refractivity contribution in [3.05, 3.63) is 52.7 Å². The zero-order chi connectivity index (χ0) is 17.1. The minimum Gasteiger partial charge on any atom is -0.423 e. The molecule has 1 atom stereocenters. The number of oxazole rings is 1. The monoisotopic (exact) mass is 353 g/mol. The number of nitrogens with one attached hydrogen (secondary N) is 1. The summed E-state index contributed by atoms with van der Waals surface area (Å²) >= 11 is 1.61. The van der Waals surface area contributed by atoms with Crippen LogP contribution in [-0.4, -0.2) is 30.0 Å². The Morgan fingerprint density at radius 2 is 2.28 bits per heavy atom. The third-order valence-corrected chi connectivity index (χ3v) is 5.20. The fourth-order valence-corrected chi connectivity index (χ4v) is 3.72. The number of nitrogens with zero attached hydrogens (tertiary/aromatic N) is 2. The van der Waals surface area contributed by atoms with E-state index in [9.17, 15) is 4.79 Å². The Balaban J connectivity index is 1.39. The minimum absolute atomic E-state index is 0.0715. The quantitative estimate of drug-likeness (QED) is 0.711. The molecule has 6 heteroatoms. The highest BCUT2D eigenvalue weighted by atomic mass is 32.1. The van der Waals surface area contributed by atoms with Crippen LogP contribution in [0.3, 0.4) is 0 Å². The fourth-order valence-electron chi connectivity index (χ4n) is 3.10. The Hall–Kier alpha value is -2.60. The van der Waals surface area contributed by atoms with Gasteiger partial charge in [-0.25, -0.2) is 0 Å². The van der Waals surface area contributed by atoms with Crippen molar-refractivity contribution in [2.75, 3.05) is 18.0 Å². The van der Waals surface area contributed by atoms with Crippen molar-refractivity contribution < 1.29 is 9.21 Å². The van der Waals surface area contributed by atoms with Gasteiger partial charge in [0.25, 0.3) is 6.01 Å². The molecule has 1 aromatic carbocycles. The topological polar surface area (TPSA) is 58.4 Å². The fraction of sp³-hybridized carbons (Fsp3) is 0.263. The van der Waals surface area contributed by atoms with Gasteiger partial charge in [-0.15, -0.1) is 11.3 Å². The highest BCUT2D eigenvalue weighted by Crippen LogP contribution is 2.27. The van der Waals surface area contributed by atoms with E-state index in [2.05, 4.69) is 15.2 Å². The van der Waals surface area contributed by atoms with Crippen LogP contribution >= 0.6 is 11.3 Å². The zero-order valence-corrected chi connectivity index (χ0v) is 14.5. The van der Waals surface area contributed by atoms with Crippen LogP contribution < -0.4 is 10.2 Å². The van der Waals surface area contributed by atoms with Gasteiger partial charge in [0, 0.05) is 24.0 Å². The summed E-state index contributed by atoms with van der Waals surface area (Å²) in [6.45, 7) is 1.49. The molecule has 1 amide bonds. The molecule has 3 aromatic rings. The molecule has 1 N–H and O–H groups in total. The number of amides is 1. The van der Waals surface area contributed by atoms with E-state index in [1.165, 1.54) is 0 Å². The van der Waals surface area contributed by atoms with Crippen LogP contribution in [0.25, 0.3) is 17.2 Å². The molecule has 0 spiro atoms. The summed E-state index contributed by atoms with van der Waals surface area (Å²) in [6.07, 6.45) is 5.52. The lowest BCUT2D eigenvalue weighted by atomic mass is 10.2. The molecule has 1 fully saturated rings. The predicted octanol–water partition coefficient (Wildman–Crippen LogP) is 3.69. The third kappa shape index (κ3) is 3.58.